The largest absolute Gasteiger partial charge is 0.287 e. The van der Waals surface area contributed by atoms with Crippen molar-refractivity contribution in [3.8, 4) is 0 Å². The van der Waals surface area contributed by atoms with Crippen molar-refractivity contribution in [3.63, 3.8) is 0 Å². The van der Waals surface area contributed by atoms with Crippen LogP contribution in [0.1, 0.15) is 37.4 Å². The van der Waals surface area contributed by atoms with Crippen LogP contribution in [0.25, 0.3) is 10.8 Å². The number of hydrogen-bond donors (Lipinski definition) is 1. The number of sulfonamides is 1. The zero-order valence-electron chi connectivity index (χ0n) is 19.7. The number of nitrogens with one attached hydrogen (secondary N) is 1. The number of Topliss-reactive ketones (excluding diaryl/α,β-unsaturated/α-hetero) is 1. The van der Waals surface area contributed by atoms with Crippen LogP contribution in [0.2, 0.25) is 0 Å². The maximum Gasteiger partial charge on any atom is 0.271 e. The second-order valence-electron chi connectivity index (χ2n) is 8.71. The molecule has 0 radical (unpaired) electrons. The van der Waals surface area contributed by atoms with E-state index in [1.165, 1.54) is 11.4 Å². The van der Waals surface area contributed by atoms with Gasteiger partial charge in [-0.1, -0.05) is 66.2 Å². The monoisotopic (exact) mass is 497 g/mol. The van der Waals surface area contributed by atoms with E-state index in [0.29, 0.717) is 16.7 Å². The summed E-state index contributed by atoms with van der Waals surface area (Å²) in [6.07, 6.45) is 0. The van der Waals surface area contributed by atoms with Crippen LogP contribution >= 0.6 is 0 Å². The topological polar surface area (TPSA) is 95.9 Å². The fraction of sp³-hybridized carbons (Fsp3) is 0.107. The molecule has 0 saturated heterocycles. The van der Waals surface area contributed by atoms with E-state index in [9.17, 15) is 18.0 Å². The molecule has 1 N–H and O–H groups in total. The molecule has 7 nitrogen and oxygen atoms in total. The van der Waals surface area contributed by atoms with Gasteiger partial charge >= 0.3 is 0 Å². The zero-order chi connectivity index (χ0) is 25.4. The van der Waals surface area contributed by atoms with Crippen LogP contribution in [-0.2, 0) is 16.6 Å². The number of carbonyl (C=O) groups is 2. The van der Waals surface area contributed by atoms with Gasteiger partial charge in [0.25, 0.3) is 5.91 Å². The maximum absolute atomic E-state index is 12.8. The molecule has 0 aromatic heterocycles. The highest BCUT2D eigenvalue weighted by Crippen LogP contribution is 2.30. The number of benzene rings is 4. The summed E-state index contributed by atoms with van der Waals surface area (Å²) < 4.78 is 26.9. The molecule has 1 aliphatic rings. The minimum Gasteiger partial charge on any atom is -0.287 e. The lowest BCUT2D eigenvalue weighted by molar-refractivity contribution is 0.0955. The second kappa shape index (κ2) is 9.14. The van der Waals surface area contributed by atoms with Gasteiger partial charge < -0.3 is 0 Å². The highest BCUT2D eigenvalue weighted by atomic mass is 32.2. The van der Waals surface area contributed by atoms with E-state index in [1.807, 2.05) is 37.3 Å². The van der Waals surface area contributed by atoms with Crippen molar-refractivity contribution in [2.45, 2.75) is 18.4 Å². The Morgan fingerprint density at radius 2 is 1.53 bits per heavy atom. The van der Waals surface area contributed by atoms with Crippen LogP contribution in [0.3, 0.4) is 0 Å². The Labute approximate surface area is 209 Å². The van der Waals surface area contributed by atoms with Gasteiger partial charge in [-0.25, -0.2) is 13.8 Å². The molecule has 180 valence electrons. The average molecular weight is 498 g/mol. The normalized spacial score (nSPS) is 14.1. The summed E-state index contributed by atoms with van der Waals surface area (Å²) in [5.41, 5.74) is 6.00. The summed E-state index contributed by atoms with van der Waals surface area (Å²) >= 11 is 0. The molecule has 0 heterocycles. The minimum atomic E-state index is -3.64. The summed E-state index contributed by atoms with van der Waals surface area (Å²) in [5, 5.41) is 5.93. The van der Waals surface area contributed by atoms with E-state index < -0.39 is 15.9 Å². The Balaban J connectivity index is 1.29. The minimum absolute atomic E-state index is 0.150. The van der Waals surface area contributed by atoms with Crippen LogP contribution in [0.4, 0.5) is 0 Å². The van der Waals surface area contributed by atoms with Crippen molar-refractivity contribution >= 4 is 38.2 Å². The lowest BCUT2D eigenvalue weighted by Crippen LogP contribution is -2.26. The van der Waals surface area contributed by atoms with E-state index in [4.69, 9.17) is 0 Å². The van der Waals surface area contributed by atoms with E-state index in [2.05, 4.69) is 10.5 Å². The molecule has 5 rings (SSSR count). The van der Waals surface area contributed by atoms with Crippen LogP contribution in [0.5, 0.6) is 0 Å². The first-order chi connectivity index (χ1) is 17.3. The molecule has 0 fully saturated rings. The molecule has 36 heavy (non-hydrogen) atoms. The van der Waals surface area contributed by atoms with E-state index in [-0.39, 0.29) is 22.9 Å². The molecule has 0 spiro atoms. The predicted molar refractivity (Wildman–Crippen MR) is 139 cm³/mol. The van der Waals surface area contributed by atoms with Gasteiger partial charge in [0, 0.05) is 35.7 Å². The second-order valence-corrected chi connectivity index (χ2v) is 10.8. The summed E-state index contributed by atoms with van der Waals surface area (Å²) in [4.78, 5) is 25.8. The number of ketones is 1. The number of carbonyl (C=O) groups excluding carboxylic acids is 2. The smallest absolute Gasteiger partial charge is 0.271 e. The Bertz CT molecular complexity index is 1640. The van der Waals surface area contributed by atoms with E-state index in [0.717, 1.165) is 21.9 Å². The SMILES string of the molecule is Cc1ccc(S(=O)(=O)N(C)Cc2ccc(C(=O)N/N=C3/C(=O)c4cccc5cccc3c45)cc2)cc1. The third-order valence-electron chi connectivity index (χ3n) is 6.24. The van der Waals surface area contributed by atoms with Gasteiger partial charge in [-0.15, -0.1) is 0 Å². The van der Waals surface area contributed by atoms with Crippen LogP contribution < -0.4 is 5.43 Å². The summed E-state index contributed by atoms with van der Waals surface area (Å²) in [5.74, 6) is -0.694. The fourth-order valence-corrected chi connectivity index (χ4v) is 5.41. The van der Waals surface area contributed by atoms with Crippen LogP contribution in [-0.4, -0.2) is 37.2 Å². The molecule has 1 amide bonds. The number of hydrogen-bond acceptors (Lipinski definition) is 5. The van der Waals surface area contributed by atoms with Crippen molar-refractivity contribution in [3.05, 3.63) is 113 Å². The molecule has 8 heteroatoms. The number of nitrogens with zero attached hydrogens (tertiary/aromatic N) is 2. The van der Waals surface area contributed by atoms with Gasteiger partial charge in [-0.3, -0.25) is 9.59 Å². The zero-order valence-corrected chi connectivity index (χ0v) is 20.5. The molecule has 4 aromatic rings. The van der Waals surface area contributed by atoms with Gasteiger partial charge in [0.05, 0.1) is 4.90 Å². The molecule has 1 aliphatic carbocycles. The molecule has 0 saturated carbocycles. The number of hydrazone groups is 1. The molecule has 0 aliphatic heterocycles. The predicted octanol–water partition coefficient (Wildman–Crippen LogP) is 4.30. The van der Waals surface area contributed by atoms with Crippen molar-refractivity contribution in [1.29, 1.82) is 0 Å². The molecule has 4 aromatic carbocycles. The molecular formula is C28H23N3O4S. The maximum atomic E-state index is 12.8. The van der Waals surface area contributed by atoms with E-state index in [1.54, 1.807) is 54.6 Å². The van der Waals surface area contributed by atoms with Crippen LogP contribution in [0, 0.1) is 6.92 Å². The quantitative estimate of drug-likeness (QED) is 0.402. The van der Waals surface area contributed by atoms with Gasteiger partial charge in [-0.2, -0.15) is 9.41 Å². The summed E-state index contributed by atoms with van der Waals surface area (Å²) in [6, 6.07) is 24.4. The fourth-order valence-electron chi connectivity index (χ4n) is 4.25. The van der Waals surface area contributed by atoms with Gasteiger partial charge in [0.15, 0.2) is 0 Å². The Kier molecular flexibility index (Phi) is 5.99. The number of rotatable bonds is 6. The lowest BCUT2D eigenvalue weighted by atomic mass is 10.1. The Hall–Kier alpha value is -4.14. The third-order valence-corrected chi connectivity index (χ3v) is 8.06. The first kappa shape index (κ1) is 23.6. The first-order valence-electron chi connectivity index (χ1n) is 11.3. The van der Waals surface area contributed by atoms with Crippen molar-refractivity contribution in [2.75, 3.05) is 7.05 Å². The molecule has 0 unspecified atom stereocenters. The molecule has 0 bridgehead atoms. The van der Waals surface area contributed by atoms with Gasteiger partial charge in [0.1, 0.15) is 5.71 Å². The summed E-state index contributed by atoms with van der Waals surface area (Å²) in [6.45, 7) is 2.05. The van der Waals surface area contributed by atoms with Crippen LogP contribution in [0.15, 0.2) is 94.9 Å². The van der Waals surface area contributed by atoms with Crippen molar-refractivity contribution in [1.82, 2.24) is 9.73 Å². The molecule has 0 atom stereocenters. The lowest BCUT2D eigenvalue weighted by Gasteiger charge is -2.17. The van der Waals surface area contributed by atoms with E-state index >= 15 is 0 Å². The number of aryl methyl sites for hydroxylation is 1. The van der Waals surface area contributed by atoms with Crippen molar-refractivity contribution in [2.24, 2.45) is 5.10 Å². The summed E-state index contributed by atoms with van der Waals surface area (Å²) in [7, 11) is -2.12. The Morgan fingerprint density at radius 1 is 0.889 bits per heavy atom. The average Bonchev–Trinajstić information content (AvgIpc) is 3.16. The Morgan fingerprint density at radius 3 is 2.19 bits per heavy atom. The van der Waals surface area contributed by atoms with Crippen molar-refractivity contribution < 1.29 is 18.0 Å². The first-order valence-corrected chi connectivity index (χ1v) is 12.8. The van der Waals surface area contributed by atoms with Gasteiger partial charge in [0.2, 0.25) is 15.8 Å². The highest BCUT2D eigenvalue weighted by Gasteiger charge is 2.29. The molecular weight excluding hydrogens is 474 g/mol. The van der Waals surface area contributed by atoms with Gasteiger partial charge in [-0.05, 0) is 42.1 Å². The standard InChI is InChI=1S/C28H23N3O4S/c1-18-9-15-22(16-10-18)36(34,35)31(2)17-19-11-13-21(14-12-19)28(33)30-29-26-23-7-3-5-20-6-4-8-24(25(20)23)27(26)32/h3-16H,17H2,1-2H3,(H,30,33)/b29-26+. The highest BCUT2D eigenvalue weighted by molar-refractivity contribution is 7.89. The number of amides is 1. The third kappa shape index (κ3) is 4.21.